The number of halogens is 1. The third-order valence-electron chi connectivity index (χ3n) is 6.03. The molecule has 0 N–H and O–H groups in total. The molecule has 0 spiro atoms. The first-order chi connectivity index (χ1) is 15.0. The fourth-order valence-corrected chi connectivity index (χ4v) is 5.48. The van der Waals surface area contributed by atoms with Crippen molar-refractivity contribution >= 4 is 44.8 Å². The summed E-state index contributed by atoms with van der Waals surface area (Å²) in [6.07, 6.45) is 1.85. The summed E-state index contributed by atoms with van der Waals surface area (Å²) in [5.74, 6) is 1.96. The normalized spacial score (nSPS) is 14.5. The van der Waals surface area contributed by atoms with Crippen LogP contribution in [0.3, 0.4) is 0 Å². The molecule has 0 aliphatic carbocycles. The average Bonchev–Trinajstić information content (AvgIpc) is 3.11. The summed E-state index contributed by atoms with van der Waals surface area (Å²) in [6.45, 7) is 9.97. The van der Waals surface area contributed by atoms with E-state index < -0.39 is 0 Å². The second-order valence-corrected chi connectivity index (χ2v) is 9.53. The molecule has 1 fully saturated rings. The predicted molar refractivity (Wildman–Crippen MR) is 131 cm³/mol. The number of aromatic nitrogens is 3. The Morgan fingerprint density at radius 3 is 2.39 bits per heavy atom. The lowest BCUT2D eigenvalue weighted by atomic mass is 9.99. The third kappa shape index (κ3) is 3.75. The Balaban J connectivity index is 1.55. The second kappa shape index (κ2) is 8.09. The Bertz CT molecular complexity index is 1250. The van der Waals surface area contributed by atoms with Gasteiger partial charge in [-0.1, -0.05) is 24.3 Å². The monoisotopic (exact) mass is 449 g/mol. The summed E-state index contributed by atoms with van der Waals surface area (Å²) < 4.78 is 0. The summed E-state index contributed by atoms with van der Waals surface area (Å²) in [4.78, 5) is 20.6. The van der Waals surface area contributed by atoms with Gasteiger partial charge in [0.25, 0.3) is 0 Å². The van der Waals surface area contributed by atoms with Gasteiger partial charge in [0.05, 0.1) is 5.39 Å². The van der Waals surface area contributed by atoms with Crippen LogP contribution in [0.25, 0.3) is 21.3 Å². The fraction of sp³-hybridized carbons (Fsp3) is 0.292. The van der Waals surface area contributed by atoms with E-state index >= 15 is 0 Å². The Kier molecular flexibility index (Phi) is 5.28. The van der Waals surface area contributed by atoms with Crippen LogP contribution in [-0.2, 0) is 0 Å². The molecule has 0 radical (unpaired) electrons. The maximum absolute atomic E-state index is 6.36. The first-order valence-electron chi connectivity index (χ1n) is 10.5. The minimum Gasteiger partial charge on any atom is -0.353 e. The first-order valence-corrected chi connectivity index (χ1v) is 11.7. The van der Waals surface area contributed by atoms with Crippen molar-refractivity contribution in [3.8, 4) is 11.1 Å². The molecule has 4 heterocycles. The summed E-state index contributed by atoms with van der Waals surface area (Å²) in [5, 5.41) is 1.42. The summed E-state index contributed by atoms with van der Waals surface area (Å²) in [6, 6.07) is 12.7. The van der Waals surface area contributed by atoms with Crippen LogP contribution in [0.4, 0.5) is 11.6 Å². The third-order valence-corrected chi connectivity index (χ3v) is 7.20. The zero-order valence-corrected chi connectivity index (χ0v) is 19.5. The van der Waals surface area contributed by atoms with Crippen LogP contribution in [0, 0.1) is 20.8 Å². The molecule has 0 amide bonds. The molecule has 158 valence electrons. The van der Waals surface area contributed by atoms with Crippen molar-refractivity contribution in [3.63, 3.8) is 0 Å². The maximum atomic E-state index is 6.36. The predicted octanol–water partition coefficient (Wildman–Crippen LogP) is 5.66. The van der Waals surface area contributed by atoms with Gasteiger partial charge < -0.3 is 9.80 Å². The number of hydrogen-bond donors (Lipinski definition) is 0. The highest BCUT2D eigenvalue weighted by molar-refractivity contribution is 7.19. The van der Waals surface area contributed by atoms with Crippen LogP contribution < -0.4 is 9.80 Å². The molecule has 3 aromatic heterocycles. The fourth-order valence-electron chi connectivity index (χ4n) is 4.23. The van der Waals surface area contributed by atoms with E-state index in [-0.39, 0.29) is 0 Å². The van der Waals surface area contributed by atoms with E-state index in [2.05, 4.69) is 64.8 Å². The molecule has 1 aliphatic rings. The number of thiophene rings is 1. The summed E-state index contributed by atoms with van der Waals surface area (Å²) in [7, 11) is 0. The van der Waals surface area contributed by atoms with E-state index in [0.717, 1.165) is 48.0 Å². The number of rotatable bonds is 3. The number of anilines is 2. The lowest BCUT2D eigenvalue weighted by Crippen LogP contribution is -2.47. The van der Waals surface area contributed by atoms with Crippen LogP contribution in [-0.4, -0.2) is 41.1 Å². The molecule has 0 unspecified atom stereocenters. The van der Waals surface area contributed by atoms with E-state index in [9.17, 15) is 0 Å². The van der Waals surface area contributed by atoms with Gasteiger partial charge in [-0.05, 0) is 61.2 Å². The summed E-state index contributed by atoms with van der Waals surface area (Å²) >= 11 is 8.05. The maximum Gasteiger partial charge on any atom is 0.225 e. The van der Waals surface area contributed by atoms with Gasteiger partial charge in [-0.25, -0.2) is 9.97 Å². The van der Waals surface area contributed by atoms with Gasteiger partial charge >= 0.3 is 0 Å². The number of fused-ring (bicyclic) bond motifs is 1. The van der Waals surface area contributed by atoms with E-state index in [1.165, 1.54) is 27.1 Å². The first kappa shape index (κ1) is 20.2. The number of benzene rings is 1. The van der Waals surface area contributed by atoms with Gasteiger partial charge in [-0.3, -0.25) is 0 Å². The van der Waals surface area contributed by atoms with Crippen LogP contribution in [0.15, 0.2) is 42.6 Å². The quantitative estimate of drug-likeness (QED) is 0.378. The topological polar surface area (TPSA) is 45.2 Å². The van der Waals surface area contributed by atoms with E-state index in [4.69, 9.17) is 16.6 Å². The van der Waals surface area contributed by atoms with Crippen molar-refractivity contribution in [2.75, 3.05) is 36.0 Å². The molecule has 1 saturated heterocycles. The zero-order chi connectivity index (χ0) is 21.5. The van der Waals surface area contributed by atoms with Crippen molar-refractivity contribution in [2.45, 2.75) is 20.8 Å². The minimum atomic E-state index is 0.308. The highest BCUT2D eigenvalue weighted by Crippen LogP contribution is 2.42. The Morgan fingerprint density at radius 2 is 1.68 bits per heavy atom. The Hall–Kier alpha value is -2.70. The molecule has 4 aromatic rings. The van der Waals surface area contributed by atoms with Crippen LogP contribution in [0.5, 0.6) is 0 Å². The SMILES string of the molecule is Cc1ccc(-c2c(C)sc3nc(Cl)nc(N4CCN(c5ccccn5)CC4)c23)cc1C. The second-order valence-electron chi connectivity index (χ2n) is 7.99. The van der Waals surface area contributed by atoms with E-state index in [1.807, 2.05) is 18.3 Å². The van der Waals surface area contributed by atoms with E-state index in [0.29, 0.717) is 5.28 Å². The van der Waals surface area contributed by atoms with Crippen LogP contribution in [0.2, 0.25) is 5.28 Å². The van der Waals surface area contributed by atoms with Gasteiger partial charge in [-0.15, -0.1) is 11.3 Å². The number of hydrogen-bond acceptors (Lipinski definition) is 6. The lowest BCUT2D eigenvalue weighted by molar-refractivity contribution is 0.643. The van der Waals surface area contributed by atoms with Crippen LogP contribution >= 0.6 is 22.9 Å². The highest BCUT2D eigenvalue weighted by Gasteiger charge is 2.25. The van der Waals surface area contributed by atoms with E-state index in [1.54, 1.807) is 11.3 Å². The molecule has 1 aliphatic heterocycles. The molecule has 0 saturated carbocycles. The van der Waals surface area contributed by atoms with Gasteiger partial charge in [0.2, 0.25) is 5.28 Å². The smallest absolute Gasteiger partial charge is 0.225 e. The number of pyridine rings is 1. The molecule has 0 bridgehead atoms. The van der Waals surface area contributed by atoms with Crippen molar-refractivity contribution in [1.29, 1.82) is 0 Å². The van der Waals surface area contributed by atoms with Gasteiger partial charge in [0.15, 0.2) is 0 Å². The highest BCUT2D eigenvalue weighted by atomic mass is 35.5. The number of piperazine rings is 1. The average molecular weight is 450 g/mol. The largest absolute Gasteiger partial charge is 0.353 e. The Morgan fingerprint density at radius 1 is 0.903 bits per heavy atom. The molecular formula is C24H24ClN5S. The Labute approximate surface area is 191 Å². The van der Waals surface area contributed by atoms with Crippen molar-refractivity contribution in [3.05, 3.63) is 63.9 Å². The molecule has 1 aromatic carbocycles. The summed E-state index contributed by atoms with van der Waals surface area (Å²) in [5.41, 5.74) is 5.02. The standard InChI is InChI=1S/C24H24ClN5S/c1-15-7-8-18(14-16(15)2)20-17(3)31-23-21(20)22(27-24(25)28-23)30-12-10-29(11-13-30)19-6-4-5-9-26-19/h4-9,14H,10-13H2,1-3H3. The molecule has 0 atom stereocenters. The number of aryl methyl sites for hydroxylation is 3. The van der Waals surface area contributed by atoms with Crippen molar-refractivity contribution in [1.82, 2.24) is 15.0 Å². The molecule has 7 heteroatoms. The lowest BCUT2D eigenvalue weighted by Gasteiger charge is -2.36. The molecular weight excluding hydrogens is 426 g/mol. The molecule has 5 rings (SSSR count). The molecule has 31 heavy (non-hydrogen) atoms. The van der Waals surface area contributed by atoms with Gasteiger partial charge in [0.1, 0.15) is 16.5 Å². The molecule has 5 nitrogen and oxygen atoms in total. The van der Waals surface area contributed by atoms with Crippen LogP contribution in [0.1, 0.15) is 16.0 Å². The van der Waals surface area contributed by atoms with Crippen molar-refractivity contribution < 1.29 is 0 Å². The zero-order valence-electron chi connectivity index (χ0n) is 17.9. The van der Waals surface area contributed by atoms with Crippen molar-refractivity contribution in [2.24, 2.45) is 0 Å². The van der Waals surface area contributed by atoms with Gasteiger partial charge in [-0.2, -0.15) is 4.98 Å². The minimum absolute atomic E-state index is 0.308. The number of nitrogens with zero attached hydrogens (tertiary/aromatic N) is 5. The van der Waals surface area contributed by atoms with Gasteiger partial charge in [0, 0.05) is 42.8 Å².